The zero-order chi connectivity index (χ0) is 17.3. The van der Waals surface area contributed by atoms with E-state index in [2.05, 4.69) is 74.0 Å². The first-order valence-corrected chi connectivity index (χ1v) is 9.01. The number of para-hydroxylation sites is 1. The van der Waals surface area contributed by atoms with Crippen LogP contribution < -0.4 is 56.1 Å². The maximum absolute atomic E-state index is 6.22. The molecular formula is C24H25KO. The SMILES string of the molecule is C[CH-]CCCc1cccc(Oc2ccccc2Cc2ccccc2)c1.[K+]. The molecule has 0 bridgehead atoms. The zero-order valence-electron chi connectivity index (χ0n) is 15.8. The topological polar surface area (TPSA) is 9.23 Å². The maximum atomic E-state index is 6.22. The molecule has 1 nitrogen and oxygen atoms in total. The molecule has 0 atom stereocenters. The standard InChI is InChI=1S/C24H25O.K/c1-2-3-5-11-21-14-10-16-23(19-21)25-24-17-9-8-15-22(24)18-20-12-6-4-7-13-20;/h2,4,6-10,12-17,19H,3,5,11,18H2,1H3;/q-1;+1. The summed E-state index contributed by atoms with van der Waals surface area (Å²) in [7, 11) is 0. The van der Waals surface area contributed by atoms with Gasteiger partial charge < -0.3 is 11.2 Å². The molecule has 0 aliphatic rings. The van der Waals surface area contributed by atoms with Crippen molar-refractivity contribution < 1.29 is 56.1 Å². The van der Waals surface area contributed by atoms with Crippen LogP contribution in [0.15, 0.2) is 78.9 Å². The molecule has 2 heteroatoms. The summed E-state index contributed by atoms with van der Waals surface area (Å²) < 4.78 is 6.22. The molecule has 0 aliphatic carbocycles. The molecule has 0 saturated carbocycles. The third-order valence-electron chi connectivity index (χ3n) is 4.29. The molecule has 0 amide bonds. The molecule has 0 spiro atoms. The van der Waals surface area contributed by atoms with Crippen LogP contribution in [0.3, 0.4) is 0 Å². The van der Waals surface area contributed by atoms with Crippen molar-refractivity contribution >= 4 is 0 Å². The molecule has 0 heterocycles. The van der Waals surface area contributed by atoms with Crippen molar-refractivity contribution in [2.75, 3.05) is 0 Å². The molecule has 0 radical (unpaired) electrons. The Morgan fingerprint density at radius 1 is 0.808 bits per heavy atom. The summed E-state index contributed by atoms with van der Waals surface area (Å²) in [5.41, 5.74) is 3.84. The van der Waals surface area contributed by atoms with Gasteiger partial charge in [0.15, 0.2) is 0 Å². The molecular weight excluding hydrogens is 343 g/mol. The Bertz CT molecular complexity index is 783. The van der Waals surface area contributed by atoms with Gasteiger partial charge in [-0.05, 0) is 41.3 Å². The summed E-state index contributed by atoms with van der Waals surface area (Å²) in [6, 6.07) is 27.3. The minimum Gasteiger partial charge on any atom is -0.457 e. The average Bonchev–Trinajstić information content (AvgIpc) is 2.65. The Balaban J connectivity index is 0.00000243. The van der Waals surface area contributed by atoms with E-state index < -0.39 is 0 Å². The summed E-state index contributed by atoms with van der Waals surface area (Å²) in [4.78, 5) is 0. The molecule has 3 aromatic rings. The van der Waals surface area contributed by atoms with Gasteiger partial charge in [-0.15, -0.1) is 0 Å². The summed E-state index contributed by atoms with van der Waals surface area (Å²) in [6.07, 6.45) is 6.53. The van der Waals surface area contributed by atoms with E-state index in [0.717, 1.165) is 30.8 Å². The molecule has 128 valence electrons. The van der Waals surface area contributed by atoms with Crippen LogP contribution in [0.5, 0.6) is 11.5 Å². The van der Waals surface area contributed by atoms with Crippen LogP contribution in [-0.4, -0.2) is 0 Å². The van der Waals surface area contributed by atoms with Crippen LogP contribution in [0.1, 0.15) is 36.5 Å². The molecule has 0 fully saturated rings. The monoisotopic (exact) mass is 368 g/mol. The van der Waals surface area contributed by atoms with Gasteiger partial charge in [0.25, 0.3) is 0 Å². The number of unbranched alkanes of at least 4 members (excludes halogenated alkanes) is 2. The van der Waals surface area contributed by atoms with Gasteiger partial charge in [0.2, 0.25) is 0 Å². The normalized spacial score (nSPS) is 10.2. The smallest absolute Gasteiger partial charge is 0.457 e. The van der Waals surface area contributed by atoms with Crippen LogP contribution in [-0.2, 0) is 12.8 Å². The number of hydrogen-bond acceptors (Lipinski definition) is 1. The van der Waals surface area contributed by atoms with Crippen LogP contribution in [0.25, 0.3) is 0 Å². The van der Waals surface area contributed by atoms with Gasteiger partial charge in [-0.3, -0.25) is 0 Å². The van der Waals surface area contributed by atoms with Crippen LogP contribution in [0.4, 0.5) is 0 Å². The van der Waals surface area contributed by atoms with Gasteiger partial charge >= 0.3 is 51.4 Å². The van der Waals surface area contributed by atoms with Gasteiger partial charge in [-0.25, -0.2) is 0 Å². The minimum atomic E-state index is 0. The van der Waals surface area contributed by atoms with E-state index in [0.29, 0.717) is 0 Å². The number of rotatable bonds is 8. The Morgan fingerprint density at radius 3 is 2.35 bits per heavy atom. The Labute approximate surface area is 200 Å². The first-order valence-electron chi connectivity index (χ1n) is 9.01. The van der Waals surface area contributed by atoms with Crippen molar-refractivity contribution in [2.24, 2.45) is 0 Å². The van der Waals surface area contributed by atoms with E-state index in [4.69, 9.17) is 4.74 Å². The minimum absolute atomic E-state index is 0. The second kappa shape index (κ2) is 11.7. The van der Waals surface area contributed by atoms with Crippen molar-refractivity contribution in [2.45, 2.75) is 32.6 Å². The third kappa shape index (κ3) is 6.68. The molecule has 0 unspecified atom stereocenters. The fourth-order valence-corrected chi connectivity index (χ4v) is 2.97. The first kappa shape index (κ1) is 21.4. The third-order valence-corrected chi connectivity index (χ3v) is 4.29. The van der Waals surface area contributed by atoms with Crippen molar-refractivity contribution in [1.82, 2.24) is 0 Å². The van der Waals surface area contributed by atoms with E-state index in [1.54, 1.807) is 0 Å². The predicted molar refractivity (Wildman–Crippen MR) is 105 cm³/mol. The number of hydrogen-bond donors (Lipinski definition) is 0. The molecule has 26 heavy (non-hydrogen) atoms. The van der Waals surface area contributed by atoms with E-state index >= 15 is 0 Å². The Kier molecular flexibility index (Phi) is 9.66. The molecule has 0 N–H and O–H groups in total. The summed E-state index contributed by atoms with van der Waals surface area (Å²) in [6.45, 7) is 2.11. The second-order valence-electron chi connectivity index (χ2n) is 6.32. The molecule has 0 saturated heterocycles. The van der Waals surface area contributed by atoms with E-state index in [1.807, 2.05) is 18.2 Å². The summed E-state index contributed by atoms with van der Waals surface area (Å²) in [5, 5.41) is 0. The van der Waals surface area contributed by atoms with E-state index in [-0.39, 0.29) is 51.4 Å². The maximum Gasteiger partial charge on any atom is 1.00 e. The van der Waals surface area contributed by atoms with Crippen LogP contribution >= 0.6 is 0 Å². The second-order valence-corrected chi connectivity index (χ2v) is 6.32. The molecule has 0 aliphatic heterocycles. The Morgan fingerprint density at radius 2 is 1.54 bits per heavy atom. The van der Waals surface area contributed by atoms with Gasteiger partial charge in [0.1, 0.15) is 11.5 Å². The largest absolute Gasteiger partial charge is 1.00 e. The van der Waals surface area contributed by atoms with Gasteiger partial charge in [-0.1, -0.05) is 67.1 Å². The molecule has 3 aromatic carbocycles. The number of ether oxygens (including phenoxy) is 1. The number of aryl methyl sites for hydroxylation is 1. The average molecular weight is 369 g/mol. The van der Waals surface area contributed by atoms with E-state index in [9.17, 15) is 0 Å². The van der Waals surface area contributed by atoms with Crippen LogP contribution in [0, 0.1) is 6.42 Å². The van der Waals surface area contributed by atoms with Crippen molar-refractivity contribution in [3.63, 3.8) is 0 Å². The quantitative estimate of drug-likeness (QED) is 0.335. The van der Waals surface area contributed by atoms with Gasteiger partial charge in [0, 0.05) is 6.42 Å². The molecule has 3 rings (SSSR count). The molecule has 0 aromatic heterocycles. The summed E-state index contributed by atoms with van der Waals surface area (Å²) in [5.74, 6) is 1.85. The predicted octanol–water partition coefficient (Wildman–Crippen LogP) is 3.62. The zero-order valence-corrected chi connectivity index (χ0v) is 18.9. The fraction of sp³-hybridized carbons (Fsp3) is 0.208. The van der Waals surface area contributed by atoms with Crippen molar-refractivity contribution in [3.8, 4) is 11.5 Å². The number of benzene rings is 3. The first-order chi connectivity index (χ1) is 12.3. The van der Waals surface area contributed by atoms with Crippen molar-refractivity contribution in [3.05, 3.63) is 102 Å². The van der Waals surface area contributed by atoms with E-state index in [1.165, 1.54) is 23.1 Å². The summed E-state index contributed by atoms with van der Waals surface area (Å²) >= 11 is 0. The Hall–Kier alpha value is -0.904. The van der Waals surface area contributed by atoms with Gasteiger partial charge in [-0.2, -0.15) is 13.3 Å². The fourth-order valence-electron chi connectivity index (χ4n) is 2.97. The van der Waals surface area contributed by atoms with Crippen LogP contribution in [0.2, 0.25) is 0 Å². The van der Waals surface area contributed by atoms with Crippen molar-refractivity contribution in [1.29, 1.82) is 0 Å². The van der Waals surface area contributed by atoms with Gasteiger partial charge in [0.05, 0.1) is 0 Å².